The molecule has 1 atom stereocenters. The molecule has 7 heteroatoms. The summed E-state index contributed by atoms with van der Waals surface area (Å²) in [6.07, 6.45) is 2.13. The fourth-order valence-electron chi connectivity index (χ4n) is 2.35. The van der Waals surface area contributed by atoms with E-state index in [9.17, 15) is 9.59 Å². The number of anilines is 2. The number of amides is 1. The van der Waals surface area contributed by atoms with Crippen LogP contribution in [0.4, 0.5) is 11.5 Å². The summed E-state index contributed by atoms with van der Waals surface area (Å²) in [4.78, 5) is 29.6. The van der Waals surface area contributed by atoms with Crippen LogP contribution in [0.15, 0.2) is 12.3 Å². The molecule has 1 fully saturated rings. The molecule has 20 heavy (non-hydrogen) atoms. The number of hydrogen-bond donors (Lipinski definition) is 2. The van der Waals surface area contributed by atoms with Gasteiger partial charge < -0.3 is 20.7 Å². The number of carbonyl (C=O) groups excluding carboxylic acids is 2. The second kappa shape index (κ2) is 5.77. The Labute approximate surface area is 117 Å². The maximum atomic E-state index is 11.9. The van der Waals surface area contributed by atoms with Crippen molar-refractivity contribution in [3.63, 3.8) is 0 Å². The first kappa shape index (κ1) is 14.1. The van der Waals surface area contributed by atoms with Gasteiger partial charge in [0, 0.05) is 19.3 Å². The Bertz CT molecular complexity index is 532. The summed E-state index contributed by atoms with van der Waals surface area (Å²) in [6, 6.07) is 1.18. The normalized spacial score (nSPS) is 18.6. The molecule has 0 bridgehead atoms. The fourth-order valence-corrected chi connectivity index (χ4v) is 2.35. The minimum atomic E-state index is -0.513. The molecule has 7 nitrogen and oxygen atoms in total. The molecule has 1 aromatic rings. The number of piperazine rings is 1. The van der Waals surface area contributed by atoms with Crippen molar-refractivity contribution in [3.05, 3.63) is 17.8 Å². The SMILES string of the molecule is CCC1C(=O)NCCN1c1nccc(C(=O)OC)c1N. The van der Waals surface area contributed by atoms with Crippen molar-refractivity contribution in [1.29, 1.82) is 0 Å². The summed E-state index contributed by atoms with van der Waals surface area (Å²) in [5.41, 5.74) is 6.52. The molecular weight excluding hydrogens is 260 g/mol. The van der Waals surface area contributed by atoms with Crippen LogP contribution in [-0.2, 0) is 9.53 Å². The molecule has 1 aliphatic rings. The average molecular weight is 278 g/mol. The van der Waals surface area contributed by atoms with Crippen molar-refractivity contribution < 1.29 is 14.3 Å². The molecule has 0 radical (unpaired) electrons. The third-order valence-electron chi connectivity index (χ3n) is 3.36. The predicted molar refractivity (Wildman–Crippen MR) is 74.4 cm³/mol. The molecule has 2 rings (SSSR count). The van der Waals surface area contributed by atoms with Gasteiger partial charge in [-0.15, -0.1) is 0 Å². The van der Waals surface area contributed by atoms with Crippen LogP contribution >= 0.6 is 0 Å². The van der Waals surface area contributed by atoms with Crippen molar-refractivity contribution in [2.75, 3.05) is 30.8 Å². The Morgan fingerprint density at radius 1 is 1.65 bits per heavy atom. The Kier molecular flexibility index (Phi) is 4.07. The van der Waals surface area contributed by atoms with Crippen molar-refractivity contribution in [2.45, 2.75) is 19.4 Å². The number of nitrogens with zero attached hydrogens (tertiary/aromatic N) is 2. The van der Waals surface area contributed by atoms with E-state index in [1.807, 2.05) is 11.8 Å². The fraction of sp³-hybridized carbons (Fsp3) is 0.462. The number of esters is 1. The van der Waals surface area contributed by atoms with E-state index in [0.29, 0.717) is 25.3 Å². The maximum absolute atomic E-state index is 11.9. The van der Waals surface area contributed by atoms with E-state index in [1.54, 1.807) is 0 Å². The van der Waals surface area contributed by atoms with Gasteiger partial charge in [-0.05, 0) is 12.5 Å². The van der Waals surface area contributed by atoms with Crippen molar-refractivity contribution in [2.24, 2.45) is 0 Å². The lowest BCUT2D eigenvalue weighted by molar-refractivity contribution is -0.123. The second-order valence-electron chi connectivity index (χ2n) is 4.50. The van der Waals surface area contributed by atoms with Gasteiger partial charge in [-0.1, -0.05) is 6.92 Å². The summed E-state index contributed by atoms with van der Waals surface area (Å²) in [6.45, 7) is 3.05. The number of hydrogen-bond acceptors (Lipinski definition) is 6. The van der Waals surface area contributed by atoms with Crippen molar-refractivity contribution in [3.8, 4) is 0 Å². The first-order valence-electron chi connectivity index (χ1n) is 6.47. The molecule has 1 unspecified atom stereocenters. The summed E-state index contributed by atoms with van der Waals surface area (Å²) < 4.78 is 4.69. The molecule has 1 aliphatic heterocycles. The molecule has 3 N–H and O–H groups in total. The van der Waals surface area contributed by atoms with Crippen LogP contribution in [0, 0.1) is 0 Å². The second-order valence-corrected chi connectivity index (χ2v) is 4.50. The standard InChI is InChI=1S/C13H18N4O3/c1-3-9-12(18)16-6-7-17(9)11-10(14)8(4-5-15-11)13(19)20-2/h4-5,9H,3,6-7,14H2,1-2H3,(H,16,18). The van der Waals surface area contributed by atoms with Gasteiger partial charge in [0.15, 0.2) is 5.82 Å². The van der Waals surface area contributed by atoms with Gasteiger partial charge in [-0.25, -0.2) is 9.78 Å². The number of nitrogens with two attached hydrogens (primary N) is 1. The van der Waals surface area contributed by atoms with Crippen molar-refractivity contribution >= 4 is 23.4 Å². The Hall–Kier alpha value is -2.31. The lowest BCUT2D eigenvalue weighted by Gasteiger charge is -2.36. The van der Waals surface area contributed by atoms with Crippen LogP contribution in [0.5, 0.6) is 0 Å². The highest BCUT2D eigenvalue weighted by Gasteiger charge is 2.31. The van der Waals surface area contributed by atoms with Gasteiger partial charge in [0.05, 0.1) is 18.4 Å². The van der Waals surface area contributed by atoms with Crippen LogP contribution < -0.4 is 16.0 Å². The van der Waals surface area contributed by atoms with E-state index in [1.165, 1.54) is 19.4 Å². The molecule has 1 saturated heterocycles. The molecule has 0 saturated carbocycles. The highest BCUT2D eigenvalue weighted by molar-refractivity contribution is 5.98. The van der Waals surface area contributed by atoms with Crippen LogP contribution in [0.25, 0.3) is 0 Å². The van der Waals surface area contributed by atoms with Gasteiger partial charge >= 0.3 is 5.97 Å². The molecule has 108 valence electrons. The summed E-state index contributed by atoms with van der Waals surface area (Å²) in [5.74, 6) is -0.112. The number of nitrogen functional groups attached to an aromatic ring is 1. The number of aromatic nitrogens is 1. The number of methoxy groups -OCH3 is 1. The van der Waals surface area contributed by atoms with Crippen LogP contribution in [0.2, 0.25) is 0 Å². The molecular formula is C13H18N4O3. The molecule has 0 spiro atoms. The Balaban J connectivity index is 2.41. The third-order valence-corrected chi connectivity index (χ3v) is 3.36. The minimum absolute atomic E-state index is 0.0524. The number of pyridine rings is 1. The van der Waals surface area contributed by atoms with Gasteiger partial charge in [0.25, 0.3) is 0 Å². The molecule has 0 aliphatic carbocycles. The smallest absolute Gasteiger partial charge is 0.340 e. The zero-order chi connectivity index (χ0) is 14.7. The third kappa shape index (κ3) is 2.38. The number of rotatable bonds is 3. The Morgan fingerprint density at radius 2 is 2.40 bits per heavy atom. The quantitative estimate of drug-likeness (QED) is 0.765. The monoisotopic (exact) mass is 278 g/mol. The van der Waals surface area contributed by atoms with Gasteiger partial charge in [-0.3, -0.25) is 4.79 Å². The summed E-state index contributed by atoms with van der Waals surface area (Å²) in [7, 11) is 1.30. The van der Waals surface area contributed by atoms with E-state index in [-0.39, 0.29) is 23.2 Å². The largest absolute Gasteiger partial charge is 0.465 e. The van der Waals surface area contributed by atoms with E-state index in [2.05, 4.69) is 15.0 Å². The van der Waals surface area contributed by atoms with Crippen molar-refractivity contribution in [1.82, 2.24) is 10.3 Å². The van der Waals surface area contributed by atoms with E-state index in [0.717, 1.165) is 0 Å². The minimum Gasteiger partial charge on any atom is -0.465 e. The summed E-state index contributed by atoms with van der Waals surface area (Å²) >= 11 is 0. The number of nitrogens with one attached hydrogen (secondary N) is 1. The first-order valence-corrected chi connectivity index (χ1v) is 6.47. The highest BCUT2D eigenvalue weighted by Crippen LogP contribution is 2.27. The first-order chi connectivity index (χ1) is 9.60. The zero-order valence-electron chi connectivity index (χ0n) is 11.5. The van der Waals surface area contributed by atoms with Gasteiger partial charge in [0.1, 0.15) is 6.04 Å². The molecule has 2 heterocycles. The molecule has 1 amide bonds. The van der Waals surface area contributed by atoms with Crippen LogP contribution in [-0.4, -0.2) is 43.1 Å². The van der Waals surface area contributed by atoms with Crippen LogP contribution in [0.3, 0.4) is 0 Å². The lowest BCUT2D eigenvalue weighted by atomic mass is 10.1. The predicted octanol–water partition coefficient (Wildman–Crippen LogP) is 0.165. The number of carbonyl (C=O) groups is 2. The molecule has 1 aromatic heterocycles. The van der Waals surface area contributed by atoms with E-state index in [4.69, 9.17) is 5.73 Å². The zero-order valence-corrected chi connectivity index (χ0v) is 11.5. The highest BCUT2D eigenvalue weighted by atomic mass is 16.5. The summed E-state index contributed by atoms with van der Waals surface area (Å²) in [5, 5.41) is 2.81. The molecule has 0 aromatic carbocycles. The Morgan fingerprint density at radius 3 is 3.05 bits per heavy atom. The lowest BCUT2D eigenvalue weighted by Crippen LogP contribution is -2.55. The number of ether oxygens (including phenoxy) is 1. The van der Waals surface area contributed by atoms with Gasteiger partial charge in [-0.2, -0.15) is 0 Å². The van der Waals surface area contributed by atoms with E-state index >= 15 is 0 Å². The van der Waals surface area contributed by atoms with E-state index < -0.39 is 5.97 Å². The average Bonchev–Trinajstić information content (AvgIpc) is 2.46. The van der Waals surface area contributed by atoms with Gasteiger partial charge in [0.2, 0.25) is 5.91 Å². The maximum Gasteiger partial charge on any atom is 0.340 e. The topological polar surface area (TPSA) is 97.5 Å². The van der Waals surface area contributed by atoms with Crippen LogP contribution in [0.1, 0.15) is 23.7 Å².